The van der Waals surface area contributed by atoms with Gasteiger partial charge in [-0.1, -0.05) is 0 Å². The third-order valence-electron chi connectivity index (χ3n) is 3.28. The lowest BCUT2D eigenvalue weighted by Crippen LogP contribution is -2.12. The molecule has 2 rings (SSSR count). The van der Waals surface area contributed by atoms with Crippen LogP contribution in [0.3, 0.4) is 0 Å². The van der Waals surface area contributed by atoms with Gasteiger partial charge in [0.1, 0.15) is 11.6 Å². The second-order valence-electron chi connectivity index (χ2n) is 4.82. The molecule has 0 N–H and O–H groups in total. The number of ether oxygens (including phenoxy) is 1. The molecule has 94 valence electrons. The molecule has 0 aromatic heterocycles. The molecule has 0 amide bonds. The van der Waals surface area contributed by atoms with Gasteiger partial charge in [0, 0.05) is 17.9 Å². The van der Waals surface area contributed by atoms with Gasteiger partial charge in [0.25, 0.3) is 0 Å². The second kappa shape index (κ2) is 4.77. The Bertz CT molecular complexity index is 515. The summed E-state index contributed by atoms with van der Waals surface area (Å²) in [4.78, 5) is 11.1. The van der Waals surface area contributed by atoms with Gasteiger partial charge in [-0.05, 0) is 31.9 Å². The third kappa shape index (κ3) is 2.67. The lowest BCUT2D eigenvalue weighted by Gasteiger charge is -2.13. The molecule has 1 saturated carbocycles. The minimum atomic E-state index is -0.565. The highest BCUT2D eigenvalue weighted by Crippen LogP contribution is 2.48. The van der Waals surface area contributed by atoms with Gasteiger partial charge in [-0.2, -0.15) is 5.26 Å². The van der Waals surface area contributed by atoms with Crippen molar-refractivity contribution in [3.05, 3.63) is 29.6 Å². The topological polar surface area (TPSA) is 50.1 Å². The van der Waals surface area contributed by atoms with Crippen LogP contribution in [0.15, 0.2) is 18.2 Å². The highest BCUT2D eigenvalue weighted by atomic mass is 19.1. The molecule has 1 aliphatic rings. The molecule has 0 aliphatic heterocycles. The Morgan fingerprint density at radius 1 is 1.56 bits per heavy atom. The third-order valence-corrected chi connectivity index (χ3v) is 3.28. The first-order valence-corrected chi connectivity index (χ1v) is 5.87. The van der Waals surface area contributed by atoms with Gasteiger partial charge in [-0.15, -0.1) is 0 Å². The molecule has 0 bridgehead atoms. The van der Waals surface area contributed by atoms with E-state index < -0.39 is 5.82 Å². The van der Waals surface area contributed by atoms with Gasteiger partial charge in [0.15, 0.2) is 5.78 Å². The highest BCUT2D eigenvalue weighted by molar-refractivity contribution is 5.94. The van der Waals surface area contributed by atoms with E-state index in [0.29, 0.717) is 18.8 Å². The fourth-order valence-corrected chi connectivity index (χ4v) is 1.82. The summed E-state index contributed by atoms with van der Waals surface area (Å²) in [6.07, 6.45) is 2.43. The molecule has 1 fully saturated rings. The van der Waals surface area contributed by atoms with Crippen LogP contribution in [0.1, 0.15) is 36.5 Å². The fraction of sp³-hybridized carbons (Fsp3) is 0.429. The fourth-order valence-electron chi connectivity index (χ4n) is 1.82. The van der Waals surface area contributed by atoms with E-state index in [4.69, 9.17) is 10.00 Å². The number of halogens is 1. The maximum Gasteiger partial charge on any atom is 0.162 e. The zero-order valence-corrected chi connectivity index (χ0v) is 10.2. The van der Waals surface area contributed by atoms with E-state index in [2.05, 4.69) is 6.07 Å². The summed E-state index contributed by atoms with van der Waals surface area (Å²) in [5.41, 5.74) is 0.0327. The number of hydrogen-bond acceptors (Lipinski definition) is 3. The van der Waals surface area contributed by atoms with Gasteiger partial charge >= 0.3 is 0 Å². The molecule has 1 aromatic rings. The lowest BCUT2D eigenvalue weighted by atomic mass is 10.1. The van der Waals surface area contributed by atoms with Crippen LogP contribution in [0.25, 0.3) is 0 Å². The van der Waals surface area contributed by atoms with Crippen molar-refractivity contribution in [1.82, 2.24) is 0 Å². The Balaban J connectivity index is 2.01. The normalized spacial score (nSPS) is 15.8. The van der Waals surface area contributed by atoms with Gasteiger partial charge in [0.05, 0.1) is 18.2 Å². The first-order chi connectivity index (χ1) is 8.56. The first kappa shape index (κ1) is 12.6. The molecule has 18 heavy (non-hydrogen) atoms. The zero-order valence-electron chi connectivity index (χ0n) is 10.2. The average Bonchev–Trinajstić information content (AvgIpc) is 3.07. The number of Topliss-reactive ketones (excluding diaryl/α,β-unsaturated/α-hetero) is 1. The van der Waals surface area contributed by atoms with Crippen LogP contribution in [0, 0.1) is 22.6 Å². The molecule has 0 unspecified atom stereocenters. The SMILES string of the molecule is CC(=O)c1ccc(OCC2(CC#N)CC2)cc1F. The summed E-state index contributed by atoms with van der Waals surface area (Å²) < 4.78 is 19.0. The summed E-state index contributed by atoms with van der Waals surface area (Å²) in [5, 5.41) is 8.68. The van der Waals surface area contributed by atoms with Gasteiger partial charge in [-0.25, -0.2) is 4.39 Å². The smallest absolute Gasteiger partial charge is 0.162 e. The monoisotopic (exact) mass is 247 g/mol. The van der Waals surface area contributed by atoms with Crippen molar-refractivity contribution in [3.63, 3.8) is 0 Å². The molecule has 3 nitrogen and oxygen atoms in total. The molecule has 0 heterocycles. The molecule has 4 heteroatoms. The van der Waals surface area contributed by atoms with Crippen molar-refractivity contribution < 1.29 is 13.9 Å². The molecule has 1 aliphatic carbocycles. The Morgan fingerprint density at radius 3 is 2.78 bits per heavy atom. The number of rotatable bonds is 5. The maximum absolute atomic E-state index is 13.5. The average molecular weight is 247 g/mol. The predicted molar refractivity (Wildman–Crippen MR) is 63.8 cm³/mol. The summed E-state index contributed by atoms with van der Waals surface area (Å²) in [6.45, 7) is 1.75. The van der Waals surface area contributed by atoms with E-state index in [9.17, 15) is 9.18 Å². The zero-order chi connectivity index (χ0) is 13.2. The minimum absolute atomic E-state index is 0.0372. The number of hydrogen-bond donors (Lipinski definition) is 0. The highest BCUT2D eigenvalue weighted by Gasteiger charge is 2.43. The Morgan fingerprint density at radius 2 is 2.28 bits per heavy atom. The minimum Gasteiger partial charge on any atom is -0.493 e. The first-order valence-electron chi connectivity index (χ1n) is 5.87. The number of carbonyl (C=O) groups is 1. The molecule has 0 radical (unpaired) electrons. The van der Waals surface area contributed by atoms with E-state index in [1.54, 1.807) is 6.07 Å². The molecule has 0 spiro atoms. The van der Waals surface area contributed by atoms with Gasteiger partial charge < -0.3 is 4.74 Å². The van der Waals surface area contributed by atoms with Crippen LogP contribution < -0.4 is 4.74 Å². The molecule has 1 aromatic carbocycles. The number of benzene rings is 1. The van der Waals surface area contributed by atoms with Crippen molar-refractivity contribution in [1.29, 1.82) is 5.26 Å². The summed E-state index contributed by atoms with van der Waals surface area (Å²) in [6, 6.07) is 6.38. The molecular weight excluding hydrogens is 233 g/mol. The van der Waals surface area contributed by atoms with Crippen LogP contribution in [0.5, 0.6) is 5.75 Å². The van der Waals surface area contributed by atoms with Crippen LogP contribution in [0.4, 0.5) is 4.39 Å². The van der Waals surface area contributed by atoms with Crippen LogP contribution in [-0.4, -0.2) is 12.4 Å². The number of carbonyl (C=O) groups excluding carboxylic acids is 1. The molecule has 0 saturated heterocycles. The van der Waals surface area contributed by atoms with E-state index in [1.165, 1.54) is 19.1 Å². The lowest BCUT2D eigenvalue weighted by molar-refractivity contribution is 0.101. The van der Waals surface area contributed by atoms with Crippen LogP contribution in [-0.2, 0) is 0 Å². The number of nitrogens with zero attached hydrogens (tertiary/aromatic N) is 1. The van der Waals surface area contributed by atoms with Crippen molar-refractivity contribution in [3.8, 4) is 11.8 Å². The van der Waals surface area contributed by atoms with E-state index >= 15 is 0 Å². The summed E-state index contributed by atoms with van der Waals surface area (Å²) in [5.74, 6) is -0.464. The van der Waals surface area contributed by atoms with Crippen molar-refractivity contribution >= 4 is 5.78 Å². The van der Waals surface area contributed by atoms with Crippen molar-refractivity contribution in [2.75, 3.05) is 6.61 Å². The van der Waals surface area contributed by atoms with Crippen molar-refractivity contribution in [2.24, 2.45) is 5.41 Å². The Kier molecular flexibility index (Phi) is 3.33. The Labute approximate surface area is 105 Å². The van der Waals surface area contributed by atoms with Crippen molar-refractivity contribution in [2.45, 2.75) is 26.2 Å². The quantitative estimate of drug-likeness (QED) is 0.751. The van der Waals surface area contributed by atoms with E-state index in [1.807, 2.05) is 0 Å². The summed E-state index contributed by atoms with van der Waals surface area (Å²) in [7, 11) is 0. The predicted octanol–water partition coefficient (Wildman–Crippen LogP) is 3.10. The van der Waals surface area contributed by atoms with Gasteiger partial charge in [-0.3, -0.25) is 4.79 Å². The molecule has 0 atom stereocenters. The van der Waals surface area contributed by atoms with Crippen LogP contribution in [0.2, 0.25) is 0 Å². The maximum atomic E-state index is 13.5. The largest absolute Gasteiger partial charge is 0.493 e. The molecular formula is C14H14FNO2. The second-order valence-corrected chi connectivity index (χ2v) is 4.82. The van der Waals surface area contributed by atoms with Gasteiger partial charge in [0.2, 0.25) is 0 Å². The summed E-state index contributed by atoms with van der Waals surface area (Å²) >= 11 is 0. The Hall–Kier alpha value is -1.89. The van der Waals surface area contributed by atoms with E-state index in [0.717, 1.165) is 12.8 Å². The number of ketones is 1. The van der Waals surface area contributed by atoms with E-state index in [-0.39, 0.29) is 16.8 Å². The van der Waals surface area contributed by atoms with Crippen LogP contribution >= 0.6 is 0 Å². The number of nitriles is 1. The standard InChI is InChI=1S/C14H14FNO2/c1-10(17)12-3-2-11(8-13(12)15)18-9-14(4-5-14)6-7-16/h2-3,8H,4-6,9H2,1H3.